The van der Waals surface area contributed by atoms with Crippen LogP contribution in [0.2, 0.25) is 0 Å². The molecule has 0 bridgehead atoms. The monoisotopic (exact) mass is 236 g/mol. The molecule has 0 atom stereocenters. The lowest BCUT2D eigenvalue weighted by atomic mass is 10.2. The van der Waals surface area contributed by atoms with Crippen molar-refractivity contribution in [3.8, 4) is 0 Å². The summed E-state index contributed by atoms with van der Waals surface area (Å²) in [5.74, 6) is -0.440. The molecule has 0 spiro atoms. The molecule has 0 aromatic heterocycles. The van der Waals surface area contributed by atoms with Crippen molar-refractivity contribution in [2.24, 2.45) is 0 Å². The van der Waals surface area contributed by atoms with Crippen molar-refractivity contribution >= 4 is 12.0 Å². The molecule has 0 aliphatic heterocycles. The molecule has 5 nitrogen and oxygen atoms in total. The van der Waals surface area contributed by atoms with Crippen LogP contribution >= 0.6 is 0 Å². The zero-order chi connectivity index (χ0) is 12.7. The molecule has 1 N–H and O–H groups in total. The van der Waals surface area contributed by atoms with Gasteiger partial charge in [0.1, 0.15) is 6.54 Å². The van der Waals surface area contributed by atoms with Crippen molar-refractivity contribution in [2.45, 2.75) is 6.54 Å². The minimum Gasteiger partial charge on any atom is -0.468 e. The molecule has 0 heterocycles. The van der Waals surface area contributed by atoms with Gasteiger partial charge in [-0.25, -0.2) is 4.79 Å². The topological polar surface area (TPSA) is 58.6 Å². The highest BCUT2D eigenvalue weighted by Gasteiger charge is 2.16. The van der Waals surface area contributed by atoms with E-state index in [0.717, 1.165) is 5.56 Å². The minimum absolute atomic E-state index is 0.0644. The van der Waals surface area contributed by atoms with Crippen molar-refractivity contribution in [1.29, 1.82) is 0 Å². The predicted molar refractivity (Wildman–Crippen MR) is 63.3 cm³/mol. The molecule has 1 aromatic rings. The Balaban J connectivity index is 2.70. The van der Waals surface area contributed by atoms with Gasteiger partial charge in [-0.05, 0) is 5.56 Å². The smallest absolute Gasteiger partial charge is 0.325 e. The number of esters is 1. The zero-order valence-electron chi connectivity index (χ0n) is 9.97. The van der Waals surface area contributed by atoms with Gasteiger partial charge in [-0.3, -0.25) is 4.79 Å². The van der Waals surface area contributed by atoms with E-state index in [4.69, 9.17) is 0 Å². The van der Waals surface area contributed by atoms with Gasteiger partial charge < -0.3 is 15.0 Å². The van der Waals surface area contributed by atoms with Gasteiger partial charge >= 0.3 is 12.0 Å². The third-order valence-corrected chi connectivity index (χ3v) is 2.26. The van der Waals surface area contributed by atoms with Crippen LogP contribution in [0.4, 0.5) is 4.79 Å². The van der Waals surface area contributed by atoms with E-state index in [0.29, 0.717) is 6.54 Å². The number of hydrogen-bond donors (Lipinski definition) is 1. The Morgan fingerprint density at radius 2 is 1.94 bits per heavy atom. The molecular weight excluding hydrogens is 220 g/mol. The van der Waals surface area contributed by atoms with Crippen LogP contribution < -0.4 is 5.32 Å². The van der Waals surface area contributed by atoms with E-state index in [1.165, 1.54) is 19.1 Å². The second-order valence-corrected chi connectivity index (χ2v) is 3.47. The first-order chi connectivity index (χ1) is 8.17. The molecule has 0 aliphatic carbocycles. The highest BCUT2D eigenvalue weighted by atomic mass is 16.5. The summed E-state index contributed by atoms with van der Waals surface area (Å²) in [5, 5.41) is 2.49. The Kier molecular flexibility index (Phi) is 5.00. The predicted octanol–water partition coefficient (Wildman–Crippen LogP) is 1.00. The summed E-state index contributed by atoms with van der Waals surface area (Å²) in [7, 11) is 2.82. The van der Waals surface area contributed by atoms with Crippen molar-refractivity contribution in [3.05, 3.63) is 35.9 Å². The highest BCUT2D eigenvalue weighted by molar-refractivity contribution is 5.80. The highest BCUT2D eigenvalue weighted by Crippen LogP contribution is 2.04. The summed E-state index contributed by atoms with van der Waals surface area (Å²) >= 11 is 0. The number of nitrogens with one attached hydrogen (secondary N) is 1. The zero-order valence-corrected chi connectivity index (χ0v) is 9.97. The molecule has 0 saturated carbocycles. The van der Waals surface area contributed by atoms with Gasteiger partial charge in [0.05, 0.1) is 7.11 Å². The fourth-order valence-electron chi connectivity index (χ4n) is 1.38. The number of methoxy groups -OCH3 is 1. The number of amides is 2. The number of ether oxygens (including phenoxy) is 1. The fraction of sp³-hybridized carbons (Fsp3) is 0.333. The third-order valence-electron chi connectivity index (χ3n) is 2.26. The molecule has 17 heavy (non-hydrogen) atoms. The number of nitrogens with zero attached hydrogens (tertiary/aromatic N) is 1. The maximum Gasteiger partial charge on any atom is 0.325 e. The SMILES string of the molecule is CNC(=O)N(CC(=O)OC)Cc1ccccc1. The number of benzene rings is 1. The number of carbonyl (C=O) groups is 2. The van der Waals surface area contributed by atoms with Gasteiger partial charge in [0, 0.05) is 13.6 Å². The fourth-order valence-corrected chi connectivity index (χ4v) is 1.38. The van der Waals surface area contributed by atoms with Crippen molar-refractivity contribution in [3.63, 3.8) is 0 Å². The molecule has 0 unspecified atom stereocenters. The lowest BCUT2D eigenvalue weighted by Crippen LogP contribution is -2.41. The lowest BCUT2D eigenvalue weighted by Gasteiger charge is -2.20. The standard InChI is InChI=1S/C12H16N2O3/c1-13-12(16)14(9-11(15)17-2)8-10-6-4-3-5-7-10/h3-7H,8-9H2,1-2H3,(H,13,16). The van der Waals surface area contributed by atoms with Gasteiger partial charge in [-0.1, -0.05) is 30.3 Å². The Hall–Kier alpha value is -2.04. The number of hydrogen-bond acceptors (Lipinski definition) is 3. The molecule has 0 fully saturated rings. The van der Waals surface area contributed by atoms with Gasteiger partial charge in [0.15, 0.2) is 0 Å². The van der Waals surface area contributed by atoms with E-state index >= 15 is 0 Å². The summed E-state index contributed by atoms with van der Waals surface area (Å²) in [5.41, 5.74) is 0.958. The largest absolute Gasteiger partial charge is 0.468 e. The van der Waals surface area contributed by atoms with Crippen LogP contribution in [0.3, 0.4) is 0 Å². The van der Waals surface area contributed by atoms with E-state index in [9.17, 15) is 9.59 Å². The van der Waals surface area contributed by atoms with Crippen LogP contribution in [0, 0.1) is 0 Å². The molecule has 1 rings (SSSR count). The van der Waals surface area contributed by atoms with Gasteiger partial charge in [-0.15, -0.1) is 0 Å². The first-order valence-corrected chi connectivity index (χ1v) is 5.24. The number of carbonyl (C=O) groups excluding carboxylic acids is 2. The Morgan fingerprint density at radius 3 is 2.47 bits per heavy atom. The summed E-state index contributed by atoms with van der Waals surface area (Å²) in [6, 6.07) is 9.15. The van der Waals surface area contributed by atoms with E-state index in [-0.39, 0.29) is 12.6 Å². The Labute approximate surface area is 100 Å². The summed E-state index contributed by atoms with van der Waals surface area (Å²) in [4.78, 5) is 24.2. The van der Waals surface area contributed by atoms with Crippen LogP contribution in [-0.2, 0) is 16.1 Å². The Bertz CT molecular complexity index is 379. The van der Waals surface area contributed by atoms with Gasteiger partial charge in [0.25, 0.3) is 0 Å². The maximum absolute atomic E-state index is 11.6. The molecule has 0 saturated heterocycles. The summed E-state index contributed by atoms with van der Waals surface area (Å²) in [6.07, 6.45) is 0. The van der Waals surface area contributed by atoms with E-state index in [2.05, 4.69) is 10.1 Å². The van der Waals surface area contributed by atoms with Gasteiger partial charge in [0.2, 0.25) is 0 Å². The van der Waals surface area contributed by atoms with Crippen LogP contribution in [0.25, 0.3) is 0 Å². The minimum atomic E-state index is -0.440. The average Bonchev–Trinajstić information content (AvgIpc) is 2.38. The summed E-state index contributed by atoms with van der Waals surface area (Å²) < 4.78 is 4.55. The van der Waals surface area contributed by atoms with E-state index < -0.39 is 5.97 Å². The molecular formula is C12H16N2O3. The third kappa shape index (κ3) is 4.14. The maximum atomic E-state index is 11.6. The molecule has 1 aromatic carbocycles. The van der Waals surface area contributed by atoms with Crippen molar-refractivity contribution < 1.29 is 14.3 Å². The van der Waals surface area contributed by atoms with Crippen LogP contribution in [0.15, 0.2) is 30.3 Å². The van der Waals surface area contributed by atoms with Crippen LogP contribution in [0.5, 0.6) is 0 Å². The van der Waals surface area contributed by atoms with E-state index in [1.54, 1.807) is 0 Å². The second kappa shape index (κ2) is 6.52. The molecule has 2 amide bonds. The van der Waals surface area contributed by atoms with Crippen molar-refractivity contribution in [1.82, 2.24) is 10.2 Å². The van der Waals surface area contributed by atoms with Crippen LogP contribution in [-0.4, -0.2) is 37.6 Å². The Morgan fingerprint density at radius 1 is 1.29 bits per heavy atom. The normalized spacial score (nSPS) is 9.53. The first-order valence-electron chi connectivity index (χ1n) is 5.24. The summed E-state index contributed by atoms with van der Waals surface area (Å²) in [6.45, 7) is 0.306. The van der Waals surface area contributed by atoms with E-state index in [1.807, 2.05) is 30.3 Å². The lowest BCUT2D eigenvalue weighted by molar-refractivity contribution is -0.141. The molecule has 5 heteroatoms. The molecule has 0 aliphatic rings. The number of urea groups is 1. The van der Waals surface area contributed by atoms with Crippen molar-refractivity contribution in [2.75, 3.05) is 20.7 Å². The first kappa shape index (κ1) is 13.0. The molecule has 0 radical (unpaired) electrons. The number of rotatable bonds is 4. The second-order valence-electron chi connectivity index (χ2n) is 3.47. The van der Waals surface area contributed by atoms with Crippen LogP contribution in [0.1, 0.15) is 5.56 Å². The quantitative estimate of drug-likeness (QED) is 0.793. The average molecular weight is 236 g/mol. The molecule has 92 valence electrons. The van der Waals surface area contributed by atoms with Gasteiger partial charge in [-0.2, -0.15) is 0 Å².